The number of nitrogens with zero attached hydrogens (tertiary/aromatic N) is 2. The summed E-state index contributed by atoms with van der Waals surface area (Å²) in [6.07, 6.45) is 0. The Hall–Kier alpha value is -3.94. The quantitative estimate of drug-likeness (QED) is 0.299. The number of carbonyl (C=O) groups excluding carboxylic acids is 1. The van der Waals surface area contributed by atoms with Gasteiger partial charge in [0.15, 0.2) is 5.58 Å². The van der Waals surface area contributed by atoms with Crippen LogP contribution in [0.4, 0.5) is 5.69 Å². The van der Waals surface area contributed by atoms with Gasteiger partial charge in [0.05, 0.1) is 16.5 Å². The van der Waals surface area contributed by atoms with Gasteiger partial charge >= 0.3 is 11.7 Å². The number of esters is 1. The molecule has 4 rings (SSSR count). The van der Waals surface area contributed by atoms with Gasteiger partial charge in [-0.1, -0.05) is 42.5 Å². The number of fused-ring (bicyclic) bond motifs is 2. The highest BCUT2D eigenvalue weighted by Crippen LogP contribution is 2.21. The number of oxazole rings is 1. The summed E-state index contributed by atoms with van der Waals surface area (Å²) in [6.45, 7) is -0.287. The number of rotatable bonds is 5. The average Bonchev–Trinajstić information content (AvgIpc) is 3.00. The Labute approximate surface area is 157 Å². The molecule has 8 heteroatoms. The van der Waals surface area contributed by atoms with Crippen LogP contribution in [0.5, 0.6) is 0 Å². The predicted octanol–water partition coefficient (Wildman–Crippen LogP) is 3.40. The van der Waals surface area contributed by atoms with Crippen LogP contribution in [-0.4, -0.2) is 15.5 Å². The SMILES string of the molecule is O=C(Cn1c(=O)oc2cc([N+](=O)[O-])ccc21)OCc1cccc2ccccc12. The molecule has 0 saturated carbocycles. The Kier molecular flexibility index (Phi) is 4.36. The molecule has 3 aromatic carbocycles. The molecule has 0 fully saturated rings. The number of nitro groups is 1. The van der Waals surface area contributed by atoms with Crippen molar-refractivity contribution < 1.29 is 18.9 Å². The Bertz CT molecular complexity index is 1270. The van der Waals surface area contributed by atoms with E-state index in [1.807, 2.05) is 42.5 Å². The third kappa shape index (κ3) is 3.23. The van der Waals surface area contributed by atoms with E-state index in [1.54, 1.807) is 0 Å². The lowest BCUT2D eigenvalue weighted by Gasteiger charge is -2.08. The minimum absolute atomic E-state index is 0.0426. The number of hydrogen-bond donors (Lipinski definition) is 0. The van der Waals surface area contributed by atoms with Crippen LogP contribution in [0.25, 0.3) is 21.9 Å². The summed E-state index contributed by atoms with van der Waals surface area (Å²) < 4.78 is 11.4. The smallest absolute Gasteiger partial charge is 0.420 e. The number of ether oxygens (including phenoxy) is 1. The summed E-state index contributed by atoms with van der Waals surface area (Å²) in [6, 6.07) is 17.2. The van der Waals surface area contributed by atoms with E-state index < -0.39 is 16.6 Å². The van der Waals surface area contributed by atoms with Crippen LogP contribution in [0.1, 0.15) is 5.56 Å². The van der Waals surface area contributed by atoms with Crippen molar-refractivity contribution in [3.63, 3.8) is 0 Å². The van der Waals surface area contributed by atoms with Crippen molar-refractivity contribution in [2.24, 2.45) is 0 Å². The van der Waals surface area contributed by atoms with Crippen molar-refractivity contribution in [2.75, 3.05) is 0 Å². The summed E-state index contributed by atoms with van der Waals surface area (Å²) in [7, 11) is 0. The zero-order valence-electron chi connectivity index (χ0n) is 14.5. The van der Waals surface area contributed by atoms with E-state index in [4.69, 9.17) is 9.15 Å². The van der Waals surface area contributed by atoms with Crippen LogP contribution >= 0.6 is 0 Å². The van der Waals surface area contributed by atoms with Crippen molar-refractivity contribution in [3.05, 3.63) is 86.9 Å². The minimum atomic E-state index is -0.780. The first-order valence-corrected chi connectivity index (χ1v) is 8.43. The fourth-order valence-electron chi connectivity index (χ4n) is 3.07. The summed E-state index contributed by atoms with van der Waals surface area (Å²) in [5.41, 5.74) is 0.983. The lowest BCUT2D eigenvalue weighted by atomic mass is 10.1. The standard InChI is InChI=1S/C20H14N2O6/c23-19(27-12-14-6-3-5-13-4-1-2-7-16(13)14)11-21-17-9-8-15(22(25)26)10-18(17)28-20(21)24/h1-10H,11-12H2. The molecule has 0 saturated heterocycles. The van der Waals surface area contributed by atoms with Crippen LogP contribution in [0.3, 0.4) is 0 Å². The number of hydrogen-bond acceptors (Lipinski definition) is 6. The van der Waals surface area contributed by atoms with Gasteiger partial charge in [-0.3, -0.25) is 19.5 Å². The van der Waals surface area contributed by atoms with E-state index in [0.29, 0.717) is 0 Å². The molecule has 28 heavy (non-hydrogen) atoms. The average molecular weight is 378 g/mol. The highest BCUT2D eigenvalue weighted by atomic mass is 16.6. The van der Waals surface area contributed by atoms with Crippen LogP contribution in [0, 0.1) is 10.1 Å². The van der Waals surface area contributed by atoms with E-state index in [0.717, 1.165) is 27.0 Å². The molecule has 0 atom stereocenters. The lowest BCUT2D eigenvalue weighted by Crippen LogP contribution is -2.21. The summed E-state index contributed by atoms with van der Waals surface area (Å²) in [5, 5.41) is 12.9. The largest absolute Gasteiger partial charge is 0.459 e. The van der Waals surface area contributed by atoms with E-state index in [-0.39, 0.29) is 29.9 Å². The Morgan fingerprint density at radius 1 is 1.11 bits per heavy atom. The van der Waals surface area contributed by atoms with Crippen molar-refractivity contribution in [1.82, 2.24) is 4.57 Å². The Morgan fingerprint density at radius 2 is 1.89 bits per heavy atom. The number of benzene rings is 3. The molecular formula is C20H14N2O6. The van der Waals surface area contributed by atoms with Crippen molar-refractivity contribution in [3.8, 4) is 0 Å². The summed E-state index contributed by atoms with van der Waals surface area (Å²) >= 11 is 0. The first-order chi connectivity index (χ1) is 13.5. The van der Waals surface area contributed by atoms with Crippen LogP contribution in [0.15, 0.2) is 69.9 Å². The van der Waals surface area contributed by atoms with Gasteiger partial charge in [-0.05, 0) is 22.4 Å². The highest BCUT2D eigenvalue weighted by molar-refractivity contribution is 5.85. The number of nitro benzene ring substituents is 1. The number of non-ortho nitro benzene ring substituents is 1. The van der Waals surface area contributed by atoms with Gasteiger partial charge < -0.3 is 9.15 Å². The molecule has 1 aromatic heterocycles. The van der Waals surface area contributed by atoms with Crippen molar-refractivity contribution >= 4 is 33.5 Å². The zero-order chi connectivity index (χ0) is 19.7. The molecule has 0 aliphatic carbocycles. The second-order valence-corrected chi connectivity index (χ2v) is 6.16. The highest BCUT2D eigenvalue weighted by Gasteiger charge is 2.17. The predicted molar refractivity (Wildman–Crippen MR) is 101 cm³/mol. The normalized spacial score (nSPS) is 11.0. The molecule has 0 N–H and O–H groups in total. The third-order valence-electron chi connectivity index (χ3n) is 4.42. The molecule has 0 bridgehead atoms. The van der Waals surface area contributed by atoms with Gasteiger partial charge in [-0.15, -0.1) is 0 Å². The second-order valence-electron chi connectivity index (χ2n) is 6.16. The topological polar surface area (TPSA) is 105 Å². The maximum absolute atomic E-state index is 12.3. The molecule has 0 spiro atoms. The van der Waals surface area contributed by atoms with E-state index in [2.05, 4.69) is 0 Å². The third-order valence-corrected chi connectivity index (χ3v) is 4.42. The molecule has 0 aliphatic heterocycles. The molecule has 4 aromatic rings. The molecule has 0 aliphatic rings. The first-order valence-electron chi connectivity index (χ1n) is 8.43. The Balaban J connectivity index is 1.53. The number of carbonyl (C=O) groups is 1. The van der Waals surface area contributed by atoms with Crippen LogP contribution < -0.4 is 5.76 Å². The number of aromatic nitrogens is 1. The summed E-state index contributed by atoms with van der Waals surface area (Å²) in [4.78, 5) is 34.5. The van der Waals surface area contributed by atoms with Gasteiger partial charge in [-0.25, -0.2) is 4.79 Å². The van der Waals surface area contributed by atoms with Gasteiger partial charge in [-0.2, -0.15) is 0 Å². The Morgan fingerprint density at radius 3 is 2.71 bits per heavy atom. The van der Waals surface area contributed by atoms with Crippen LogP contribution in [-0.2, 0) is 22.7 Å². The molecule has 140 valence electrons. The van der Waals surface area contributed by atoms with Gasteiger partial charge in [0.2, 0.25) is 0 Å². The van der Waals surface area contributed by atoms with E-state index in [1.165, 1.54) is 12.1 Å². The maximum atomic E-state index is 12.3. The van der Waals surface area contributed by atoms with E-state index >= 15 is 0 Å². The molecular weight excluding hydrogens is 364 g/mol. The molecule has 0 unspecified atom stereocenters. The monoisotopic (exact) mass is 378 g/mol. The van der Waals surface area contributed by atoms with E-state index in [9.17, 15) is 19.7 Å². The molecule has 1 heterocycles. The molecule has 8 nitrogen and oxygen atoms in total. The summed E-state index contributed by atoms with van der Waals surface area (Å²) in [5.74, 6) is -1.39. The zero-order valence-corrected chi connectivity index (χ0v) is 14.5. The van der Waals surface area contributed by atoms with Crippen LogP contribution in [0.2, 0.25) is 0 Å². The fraction of sp³-hybridized carbons (Fsp3) is 0.100. The van der Waals surface area contributed by atoms with Gasteiger partial charge in [0.1, 0.15) is 13.2 Å². The van der Waals surface area contributed by atoms with Crippen molar-refractivity contribution in [2.45, 2.75) is 13.2 Å². The molecule has 0 amide bonds. The molecule has 0 radical (unpaired) electrons. The minimum Gasteiger partial charge on any atom is -0.459 e. The van der Waals surface area contributed by atoms with Gasteiger partial charge in [0, 0.05) is 6.07 Å². The van der Waals surface area contributed by atoms with Crippen molar-refractivity contribution in [1.29, 1.82) is 0 Å². The van der Waals surface area contributed by atoms with Gasteiger partial charge in [0.25, 0.3) is 5.69 Å². The maximum Gasteiger partial charge on any atom is 0.420 e. The second kappa shape index (κ2) is 6.99. The lowest BCUT2D eigenvalue weighted by molar-refractivity contribution is -0.384. The first kappa shape index (κ1) is 17.5. The fourth-order valence-corrected chi connectivity index (χ4v) is 3.07.